The summed E-state index contributed by atoms with van der Waals surface area (Å²) in [7, 11) is 0. The van der Waals surface area contributed by atoms with Crippen molar-refractivity contribution < 1.29 is 28.2 Å². The van der Waals surface area contributed by atoms with Crippen molar-refractivity contribution >= 4 is 11.8 Å². The van der Waals surface area contributed by atoms with E-state index >= 15 is 0 Å². The number of rotatable bonds is 14. The molecule has 0 saturated heterocycles. The number of aliphatic hydroxyl groups excluding tert-OH is 1. The third-order valence-electron chi connectivity index (χ3n) is 6.02. The van der Waals surface area contributed by atoms with E-state index in [4.69, 9.17) is 4.74 Å². The molecule has 1 aromatic carbocycles. The third-order valence-corrected chi connectivity index (χ3v) is 6.02. The van der Waals surface area contributed by atoms with E-state index in [1.165, 1.54) is 12.8 Å². The first kappa shape index (κ1) is 29.2. The van der Waals surface area contributed by atoms with Crippen molar-refractivity contribution in [2.75, 3.05) is 0 Å². The summed E-state index contributed by atoms with van der Waals surface area (Å²) in [6.45, 7) is 4.41. The number of ketones is 1. The molecule has 2 atom stereocenters. The highest BCUT2D eigenvalue weighted by molar-refractivity contribution is 5.80. The minimum atomic E-state index is -2.97. The molecule has 0 heterocycles. The fourth-order valence-electron chi connectivity index (χ4n) is 3.83. The summed E-state index contributed by atoms with van der Waals surface area (Å²) >= 11 is 0. The van der Waals surface area contributed by atoms with Gasteiger partial charge in [0.1, 0.15) is 18.5 Å². The molecule has 4 nitrogen and oxygen atoms in total. The molecule has 33 heavy (non-hydrogen) atoms. The first-order chi connectivity index (χ1) is 15.8. The van der Waals surface area contributed by atoms with Crippen LogP contribution in [0.15, 0.2) is 30.3 Å². The first-order valence-corrected chi connectivity index (χ1v) is 12.6. The van der Waals surface area contributed by atoms with Gasteiger partial charge in [0.05, 0.1) is 0 Å². The van der Waals surface area contributed by atoms with Gasteiger partial charge in [-0.2, -0.15) is 0 Å². The molecule has 1 fully saturated rings. The third kappa shape index (κ3) is 13.5. The summed E-state index contributed by atoms with van der Waals surface area (Å²) in [5.74, 6) is -2.63. The van der Waals surface area contributed by atoms with Gasteiger partial charge in [0, 0.05) is 25.7 Å². The maximum absolute atomic E-state index is 13.4. The van der Waals surface area contributed by atoms with Crippen LogP contribution in [0.2, 0.25) is 0 Å². The van der Waals surface area contributed by atoms with Gasteiger partial charge < -0.3 is 9.84 Å². The van der Waals surface area contributed by atoms with Crippen molar-refractivity contribution in [3.63, 3.8) is 0 Å². The lowest BCUT2D eigenvalue weighted by Gasteiger charge is -2.23. The van der Waals surface area contributed by atoms with Crippen molar-refractivity contribution in [2.24, 2.45) is 5.92 Å². The fourth-order valence-corrected chi connectivity index (χ4v) is 3.83. The number of alkyl halides is 2. The van der Waals surface area contributed by atoms with Crippen LogP contribution in [0.25, 0.3) is 0 Å². The predicted molar refractivity (Wildman–Crippen MR) is 127 cm³/mol. The van der Waals surface area contributed by atoms with E-state index in [-0.39, 0.29) is 30.5 Å². The maximum Gasteiger partial charge on any atom is 0.306 e. The van der Waals surface area contributed by atoms with Gasteiger partial charge in [-0.1, -0.05) is 69.9 Å². The number of hydrogen-bond donors (Lipinski definition) is 1. The van der Waals surface area contributed by atoms with Gasteiger partial charge in [0.25, 0.3) is 5.92 Å². The van der Waals surface area contributed by atoms with E-state index in [1.54, 1.807) is 0 Å². The number of carbonyl (C=O) groups is 2. The zero-order valence-corrected chi connectivity index (χ0v) is 20.4. The van der Waals surface area contributed by atoms with Crippen molar-refractivity contribution in [3.05, 3.63) is 35.9 Å². The van der Waals surface area contributed by atoms with Gasteiger partial charge >= 0.3 is 5.97 Å². The van der Waals surface area contributed by atoms with E-state index in [0.29, 0.717) is 45.1 Å². The highest BCUT2D eigenvalue weighted by Crippen LogP contribution is 2.32. The Bertz CT molecular complexity index is 663. The Morgan fingerprint density at radius 3 is 2.42 bits per heavy atom. The van der Waals surface area contributed by atoms with Crippen LogP contribution in [0, 0.1) is 5.92 Å². The molecular weight excluding hydrogens is 426 g/mol. The summed E-state index contributed by atoms with van der Waals surface area (Å²) in [4.78, 5) is 22.4. The molecule has 1 aliphatic carbocycles. The van der Waals surface area contributed by atoms with Gasteiger partial charge in [-0.05, 0) is 43.6 Å². The van der Waals surface area contributed by atoms with E-state index in [9.17, 15) is 23.5 Å². The van der Waals surface area contributed by atoms with E-state index in [2.05, 4.69) is 6.92 Å². The van der Waals surface area contributed by atoms with Crippen LogP contribution < -0.4 is 0 Å². The average molecular weight is 469 g/mol. The first-order valence-electron chi connectivity index (χ1n) is 12.6. The monoisotopic (exact) mass is 468 g/mol. The van der Waals surface area contributed by atoms with Crippen LogP contribution in [0.4, 0.5) is 8.78 Å². The Balaban J connectivity index is 0.000000331. The normalized spacial score (nSPS) is 16.8. The SMILES string of the molecule is CCCCC(F)(F)C(O)CCC1CCC(=O)C1.CCCCCCC(=O)OCc1ccccc1. The molecule has 2 unspecified atom stereocenters. The van der Waals surface area contributed by atoms with Crippen molar-refractivity contribution in [1.82, 2.24) is 0 Å². The summed E-state index contributed by atoms with van der Waals surface area (Å²) in [6.07, 6.45) is 6.88. The van der Waals surface area contributed by atoms with Gasteiger partial charge in [0.15, 0.2) is 0 Å². The molecule has 2 rings (SSSR count). The van der Waals surface area contributed by atoms with Gasteiger partial charge in [0.2, 0.25) is 0 Å². The molecular formula is C27H42F2O4. The summed E-state index contributed by atoms with van der Waals surface area (Å²) in [6, 6.07) is 9.78. The number of Topliss-reactive ketones (excluding diaryl/α,β-unsaturated/α-hetero) is 1. The number of halogens is 2. The second-order valence-electron chi connectivity index (χ2n) is 9.06. The second kappa shape index (κ2) is 16.7. The van der Waals surface area contributed by atoms with Crippen LogP contribution in [0.1, 0.15) is 103 Å². The standard InChI is InChI=1S/C14H20O2.C13H22F2O2/c1-2-3-4-8-11-14(15)16-12-13-9-6-5-7-10-13;1-2-3-8-13(14,15)12(17)7-5-10-4-6-11(16)9-10/h5-7,9-10H,2-4,8,11-12H2,1H3;10,12,17H,2-9H2,1H3. The minimum absolute atomic E-state index is 0.0834. The Morgan fingerprint density at radius 1 is 1.12 bits per heavy atom. The summed E-state index contributed by atoms with van der Waals surface area (Å²) in [5, 5.41) is 9.49. The van der Waals surface area contributed by atoms with Gasteiger partial charge in [-0.3, -0.25) is 9.59 Å². The predicted octanol–water partition coefficient (Wildman–Crippen LogP) is 7.02. The highest BCUT2D eigenvalue weighted by atomic mass is 19.3. The molecule has 0 amide bonds. The highest BCUT2D eigenvalue weighted by Gasteiger charge is 2.37. The number of hydrogen-bond acceptors (Lipinski definition) is 4. The Hall–Kier alpha value is -1.82. The number of carbonyl (C=O) groups excluding carboxylic acids is 2. The average Bonchev–Trinajstić information content (AvgIpc) is 3.23. The lowest BCUT2D eigenvalue weighted by atomic mass is 9.95. The molecule has 1 aromatic rings. The van der Waals surface area contributed by atoms with Crippen molar-refractivity contribution in [1.29, 1.82) is 0 Å². The Kier molecular flexibility index (Phi) is 14.8. The molecule has 0 spiro atoms. The lowest BCUT2D eigenvalue weighted by molar-refractivity contribution is -0.145. The summed E-state index contributed by atoms with van der Waals surface area (Å²) < 4.78 is 32.0. The number of unbranched alkanes of at least 4 members (excludes halogenated alkanes) is 4. The smallest absolute Gasteiger partial charge is 0.306 e. The van der Waals surface area contributed by atoms with Crippen LogP contribution >= 0.6 is 0 Å². The maximum atomic E-state index is 13.4. The van der Waals surface area contributed by atoms with E-state index in [0.717, 1.165) is 24.8 Å². The molecule has 1 aliphatic rings. The number of benzene rings is 1. The lowest BCUT2D eigenvalue weighted by Crippen LogP contribution is -2.33. The zero-order valence-electron chi connectivity index (χ0n) is 20.4. The number of aliphatic hydroxyl groups is 1. The number of esters is 1. The van der Waals surface area contributed by atoms with E-state index in [1.807, 2.05) is 37.3 Å². The van der Waals surface area contributed by atoms with Crippen molar-refractivity contribution in [3.8, 4) is 0 Å². The Morgan fingerprint density at radius 2 is 1.82 bits per heavy atom. The molecule has 1 N–H and O–H groups in total. The minimum Gasteiger partial charge on any atom is -0.461 e. The van der Waals surface area contributed by atoms with Crippen LogP contribution in [-0.4, -0.2) is 28.9 Å². The quantitative estimate of drug-likeness (QED) is 0.235. The molecule has 188 valence electrons. The van der Waals surface area contributed by atoms with Crippen LogP contribution in [-0.2, 0) is 20.9 Å². The molecule has 0 aromatic heterocycles. The Labute approximate surface area is 198 Å². The fraction of sp³-hybridized carbons (Fsp3) is 0.704. The zero-order chi connectivity index (χ0) is 24.5. The largest absolute Gasteiger partial charge is 0.461 e. The summed E-state index contributed by atoms with van der Waals surface area (Å²) in [5.41, 5.74) is 1.05. The van der Waals surface area contributed by atoms with Crippen LogP contribution in [0.3, 0.4) is 0 Å². The molecule has 1 saturated carbocycles. The molecule has 0 bridgehead atoms. The van der Waals surface area contributed by atoms with Gasteiger partial charge in [-0.25, -0.2) is 8.78 Å². The van der Waals surface area contributed by atoms with Crippen LogP contribution in [0.5, 0.6) is 0 Å². The van der Waals surface area contributed by atoms with E-state index < -0.39 is 12.0 Å². The van der Waals surface area contributed by atoms with Gasteiger partial charge in [-0.15, -0.1) is 0 Å². The molecule has 6 heteroatoms. The number of ether oxygens (including phenoxy) is 1. The second-order valence-corrected chi connectivity index (χ2v) is 9.06. The molecule has 0 radical (unpaired) electrons. The van der Waals surface area contributed by atoms with Crippen molar-refractivity contribution in [2.45, 2.75) is 116 Å². The topological polar surface area (TPSA) is 63.6 Å². The molecule has 0 aliphatic heterocycles.